The van der Waals surface area contributed by atoms with E-state index < -0.39 is 0 Å². The summed E-state index contributed by atoms with van der Waals surface area (Å²) >= 11 is 0. The molecule has 0 bridgehead atoms. The van der Waals surface area contributed by atoms with Crippen LogP contribution in [0.5, 0.6) is 5.75 Å². The second kappa shape index (κ2) is 8.93. The molecule has 3 aromatic rings. The molecule has 1 aliphatic heterocycles. The molecule has 1 saturated heterocycles. The fourth-order valence-corrected chi connectivity index (χ4v) is 3.56. The fraction of sp³-hybridized carbons (Fsp3) is 0.240. The molecule has 1 N–H and O–H groups in total. The largest absolute Gasteiger partial charge is 0.487 e. The highest BCUT2D eigenvalue weighted by atomic mass is 16.5. The number of nitrogens with zero attached hydrogens (tertiary/aromatic N) is 1. The molecular weight excluding hydrogens is 360 g/mol. The minimum absolute atomic E-state index is 0.111. The molecule has 1 aliphatic rings. The van der Waals surface area contributed by atoms with Gasteiger partial charge in [-0.25, -0.2) is 0 Å². The minimum atomic E-state index is -0.111. The zero-order valence-corrected chi connectivity index (χ0v) is 16.7. The van der Waals surface area contributed by atoms with Crippen molar-refractivity contribution < 1.29 is 9.53 Å². The van der Waals surface area contributed by atoms with Crippen molar-refractivity contribution >= 4 is 5.91 Å². The fourth-order valence-electron chi connectivity index (χ4n) is 3.56. The second-order valence-corrected chi connectivity index (χ2v) is 7.52. The van der Waals surface area contributed by atoms with Gasteiger partial charge in [-0.1, -0.05) is 66.7 Å². The average Bonchev–Trinajstić information content (AvgIpc) is 2.73. The van der Waals surface area contributed by atoms with Crippen LogP contribution in [0.3, 0.4) is 0 Å². The van der Waals surface area contributed by atoms with Crippen LogP contribution in [-0.2, 0) is 13.1 Å². The summed E-state index contributed by atoms with van der Waals surface area (Å²) in [7, 11) is 0. The van der Waals surface area contributed by atoms with E-state index in [9.17, 15) is 4.79 Å². The summed E-state index contributed by atoms with van der Waals surface area (Å²) in [5.41, 5.74) is 4.33. The summed E-state index contributed by atoms with van der Waals surface area (Å²) in [5, 5.41) is 2.98. The Morgan fingerprint density at radius 1 is 0.966 bits per heavy atom. The van der Waals surface area contributed by atoms with Gasteiger partial charge in [-0.15, -0.1) is 0 Å². The van der Waals surface area contributed by atoms with Gasteiger partial charge < -0.3 is 10.1 Å². The Hall–Kier alpha value is -3.11. The van der Waals surface area contributed by atoms with E-state index in [0.29, 0.717) is 17.9 Å². The van der Waals surface area contributed by atoms with Crippen molar-refractivity contribution in [2.24, 2.45) is 0 Å². The van der Waals surface area contributed by atoms with Gasteiger partial charge in [0, 0.05) is 26.2 Å². The highest BCUT2D eigenvalue weighted by Gasteiger charge is 2.29. The molecule has 29 heavy (non-hydrogen) atoms. The predicted molar refractivity (Wildman–Crippen MR) is 115 cm³/mol. The molecule has 0 aromatic heterocycles. The molecule has 1 amide bonds. The summed E-state index contributed by atoms with van der Waals surface area (Å²) in [6.45, 7) is 5.32. The summed E-state index contributed by atoms with van der Waals surface area (Å²) in [6.07, 6.45) is 0.113. The lowest BCUT2D eigenvalue weighted by atomic mass is 10.1. The maximum absolute atomic E-state index is 12.7. The monoisotopic (exact) mass is 386 g/mol. The number of likely N-dealkylation sites (tertiary alicyclic amines) is 1. The van der Waals surface area contributed by atoms with E-state index in [2.05, 4.69) is 41.4 Å². The molecule has 4 nitrogen and oxygen atoms in total. The number of hydrogen-bond donors (Lipinski definition) is 1. The molecule has 3 aromatic carbocycles. The summed E-state index contributed by atoms with van der Waals surface area (Å²) in [4.78, 5) is 15.0. The lowest BCUT2D eigenvalue weighted by molar-refractivity contribution is 0.0139. The molecule has 4 rings (SSSR count). The van der Waals surface area contributed by atoms with E-state index in [4.69, 9.17) is 4.74 Å². The van der Waals surface area contributed by atoms with Crippen molar-refractivity contribution in [1.29, 1.82) is 0 Å². The number of para-hydroxylation sites is 1. The molecule has 0 atom stereocenters. The van der Waals surface area contributed by atoms with Crippen LogP contribution in [0.1, 0.15) is 27.0 Å². The number of rotatable bonds is 7. The Labute approximate surface area is 172 Å². The molecule has 0 radical (unpaired) electrons. The first-order chi connectivity index (χ1) is 14.2. The van der Waals surface area contributed by atoms with E-state index in [1.54, 1.807) is 0 Å². The van der Waals surface area contributed by atoms with E-state index in [1.807, 2.05) is 54.6 Å². The molecule has 4 heteroatoms. The van der Waals surface area contributed by atoms with Crippen LogP contribution in [0, 0.1) is 6.92 Å². The van der Waals surface area contributed by atoms with Gasteiger partial charge in [0.2, 0.25) is 0 Å². The third-order valence-corrected chi connectivity index (χ3v) is 5.30. The molecule has 148 valence electrons. The van der Waals surface area contributed by atoms with Gasteiger partial charge >= 0.3 is 0 Å². The first-order valence-corrected chi connectivity index (χ1v) is 10.0. The Balaban J connectivity index is 1.32. The molecular formula is C25H26N2O2. The maximum Gasteiger partial charge on any atom is 0.255 e. The number of nitrogens with one attached hydrogen (secondary N) is 1. The van der Waals surface area contributed by atoms with Crippen molar-refractivity contribution in [3.05, 3.63) is 101 Å². The SMILES string of the molecule is Cc1ccccc1CN1CC(Oc2ccccc2C(=O)NCc2ccccc2)C1. The maximum atomic E-state index is 12.7. The van der Waals surface area contributed by atoms with Gasteiger partial charge in [-0.05, 0) is 35.7 Å². The number of benzene rings is 3. The first kappa shape index (κ1) is 19.2. The van der Waals surface area contributed by atoms with Crippen LogP contribution in [0.4, 0.5) is 0 Å². The van der Waals surface area contributed by atoms with Crippen LogP contribution in [-0.4, -0.2) is 30.0 Å². The highest BCUT2D eigenvalue weighted by molar-refractivity contribution is 5.96. The summed E-state index contributed by atoms with van der Waals surface area (Å²) < 4.78 is 6.15. The number of amides is 1. The van der Waals surface area contributed by atoms with Crippen LogP contribution in [0.2, 0.25) is 0 Å². The molecule has 0 saturated carbocycles. The predicted octanol–water partition coefficient (Wildman–Crippen LogP) is 4.19. The Bertz CT molecular complexity index is 965. The number of ether oxygens (including phenoxy) is 1. The topological polar surface area (TPSA) is 41.6 Å². The molecule has 0 spiro atoms. The first-order valence-electron chi connectivity index (χ1n) is 10.0. The van der Waals surface area contributed by atoms with E-state index in [0.717, 1.165) is 25.2 Å². The summed E-state index contributed by atoms with van der Waals surface area (Å²) in [6, 6.07) is 25.9. The van der Waals surface area contributed by atoms with Crippen molar-refractivity contribution in [3.63, 3.8) is 0 Å². The van der Waals surface area contributed by atoms with E-state index >= 15 is 0 Å². The zero-order chi connectivity index (χ0) is 20.1. The van der Waals surface area contributed by atoms with Gasteiger partial charge in [0.15, 0.2) is 0 Å². The highest BCUT2D eigenvalue weighted by Crippen LogP contribution is 2.24. The number of carbonyl (C=O) groups is 1. The smallest absolute Gasteiger partial charge is 0.255 e. The van der Waals surface area contributed by atoms with Gasteiger partial charge in [-0.2, -0.15) is 0 Å². The van der Waals surface area contributed by atoms with Crippen molar-refractivity contribution in [3.8, 4) is 5.75 Å². The van der Waals surface area contributed by atoms with Crippen LogP contribution in [0.25, 0.3) is 0 Å². The number of carbonyl (C=O) groups excluding carboxylic acids is 1. The Morgan fingerprint density at radius 3 is 2.45 bits per heavy atom. The molecule has 1 heterocycles. The van der Waals surface area contributed by atoms with Crippen molar-refractivity contribution in [2.45, 2.75) is 26.1 Å². The normalized spacial score (nSPS) is 14.2. The quantitative estimate of drug-likeness (QED) is 0.662. The minimum Gasteiger partial charge on any atom is -0.487 e. The Kier molecular flexibility index (Phi) is 5.92. The van der Waals surface area contributed by atoms with E-state index in [1.165, 1.54) is 11.1 Å². The molecule has 0 unspecified atom stereocenters. The van der Waals surface area contributed by atoms with Crippen molar-refractivity contribution in [1.82, 2.24) is 10.2 Å². The zero-order valence-electron chi connectivity index (χ0n) is 16.7. The second-order valence-electron chi connectivity index (χ2n) is 7.52. The van der Waals surface area contributed by atoms with Gasteiger partial charge in [0.1, 0.15) is 11.9 Å². The van der Waals surface area contributed by atoms with Crippen LogP contribution in [0.15, 0.2) is 78.9 Å². The standard InChI is InChI=1S/C25H26N2O2/c1-19-9-5-6-12-21(19)16-27-17-22(18-27)29-24-14-8-7-13-23(24)25(28)26-15-20-10-3-2-4-11-20/h2-14,22H,15-18H2,1H3,(H,26,28). The average molecular weight is 386 g/mol. The van der Waals surface area contributed by atoms with Crippen LogP contribution < -0.4 is 10.1 Å². The Morgan fingerprint density at radius 2 is 1.66 bits per heavy atom. The van der Waals surface area contributed by atoms with E-state index in [-0.39, 0.29) is 12.0 Å². The van der Waals surface area contributed by atoms with Gasteiger partial charge in [0.25, 0.3) is 5.91 Å². The van der Waals surface area contributed by atoms with Crippen molar-refractivity contribution in [2.75, 3.05) is 13.1 Å². The molecule has 1 fully saturated rings. The number of hydrogen-bond acceptors (Lipinski definition) is 3. The summed E-state index contributed by atoms with van der Waals surface area (Å²) in [5.74, 6) is 0.541. The lowest BCUT2D eigenvalue weighted by Gasteiger charge is -2.39. The third-order valence-electron chi connectivity index (χ3n) is 5.30. The lowest BCUT2D eigenvalue weighted by Crippen LogP contribution is -2.53. The third kappa shape index (κ3) is 4.84. The number of aryl methyl sites for hydroxylation is 1. The van der Waals surface area contributed by atoms with Gasteiger partial charge in [-0.3, -0.25) is 9.69 Å². The van der Waals surface area contributed by atoms with Crippen LogP contribution >= 0.6 is 0 Å². The van der Waals surface area contributed by atoms with Gasteiger partial charge in [0.05, 0.1) is 5.56 Å². The molecule has 0 aliphatic carbocycles.